The Morgan fingerprint density at radius 2 is 1.88 bits per heavy atom. The molecule has 90 valence electrons. The number of hydrogen-bond acceptors (Lipinski definition) is 2. The monoisotopic (exact) mass is 249 g/mol. The number of fused-ring (bicyclic) bond motifs is 1. The summed E-state index contributed by atoms with van der Waals surface area (Å²) in [5, 5.41) is 1.84. The highest BCUT2D eigenvalue weighted by atomic mass is 35.5. The summed E-state index contributed by atoms with van der Waals surface area (Å²) in [7, 11) is 0. The number of rotatable bonds is 1. The Morgan fingerprint density at radius 1 is 1.12 bits per heavy atom. The number of furan rings is 1. The standard InChI is InChI=1S/C14H16ClNO/c15-11-4-5-12-10(6-9-17-12)13(11)14(16)7-2-1-3-8-14/h4-6,9H,1-3,7-8,16H2. The van der Waals surface area contributed by atoms with E-state index in [2.05, 4.69) is 0 Å². The van der Waals surface area contributed by atoms with E-state index in [1.807, 2.05) is 18.2 Å². The third kappa shape index (κ3) is 1.76. The summed E-state index contributed by atoms with van der Waals surface area (Å²) in [6, 6.07) is 5.78. The Kier molecular flexibility index (Phi) is 2.64. The average Bonchev–Trinajstić information content (AvgIpc) is 2.77. The van der Waals surface area contributed by atoms with E-state index in [4.69, 9.17) is 21.8 Å². The van der Waals surface area contributed by atoms with Crippen LogP contribution in [0.15, 0.2) is 28.9 Å². The van der Waals surface area contributed by atoms with E-state index < -0.39 is 0 Å². The number of benzene rings is 1. The average molecular weight is 250 g/mol. The van der Waals surface area contributed by atoms with Crippen molar-refractivity contribution in [1.29, 1.82) is 0 Å². The van der Waals surface area contributed by atoms with Gasteiger partial charge in [0.25, 0.3) is 0 Å². The number of halogens is 1. The molecule has 17 heavy (non-hydrogen) atoms. The molecule has 0 unspecified atom stereocenters. The second kappa shape index (κ2) is 4.04. The van der Waals surface area contributed by atoms with E-state index >= 15 is 0 Å². The molecule has 1 fully saturated rings. The van der Waals surface area contributed by atoms with Gasteiger partial charge in [-0.05, 0) is 31.0 Å². The van der Waals surface area contributed by atoms with Crippen molar-refractivity contribution < 1.29 is 4.42 Å². The Morgan fingerprint density at radius 3 is 2.65 bits per heavy atom. The van der Waals surface area contributed by atoms with Gasteiger partial charge < -0.3 is 10.2 Å². The lowest BCUT2D eigenvalue weighted by Gasteiger charge is -2.35. The lowest BCUT2D eigenvalue weighted by molar-refractivity contribution is 0.304. The van der Waals surface area contributed by atoms with Crippen LogP contribution in [-0.4, -0.2) is 0 Å². The highest BCUT2D eigenvalue weighted by Gasteiger charge is 2.33. The first kappa shape index (κ1) is 11.1. The maximum Gasteiger partial charge on any atom is 0.134 e. The third-order valence-electron chi connectivity index (χ3n) is 3.83. The van der Waals surface area contributed by atoms with Crippen molar-refractivity contribution in [2.75, 3.05) is 0 Å². The molecular formula is C14H16ClNO. The van der Waals surface area contributed by atoms with Gasteiger partial charge in [0.1, 0.15) is 5.58 Å². The van der Waals surface area contributed by atoms with E-state index in [9.17, 15) is 0 Å². The molecule has 1 aliphatic rings. The first-order valence-electron chi connectivity index (χ1n) is 6.16. The minimum absolute atomic E-state index is 0.279. The molecule has 0 aliphatic heterocycles. The summed E-state index contributed by atoms with van der Waals surface area (Å²) in [4.78, 5) is 0. The summed E-state index contributed by atoms with van der Waals surface area (Å²) in [5.41, 5.74) is 8.25. The van der Waals surface area contributed by atoms with Crippen LogP contribution in [-0.2, 0) is 5.54 Å². The van der Waals surface area contributed by atoms with Crippen molar-refractivity contribution in [1.82, 2.24) is 0 Å². The van der Waals surface area contributed by atoms with Crippen LogP contribution in [0.4, 0.5) is 0 Å². The van der Waals surface area contributed by atoms with Crippen LogP contribution in [0.1, 0.15) is 37.7 Å². The highest BCUT2D eigenvalue weighted by molar-refractivity contribution is 6.32. The molecule has 1 heterocycles. The summed E-state index contributed by atoms with van der Waals surface area (Å²) >= 11 is 6.36. The molecule has 1 aromatic carbocycles. The molecule has 2 aromatic rings. The van der Waals surface area contributed by atoms with Gasteiger partial charge >= 0.3 is 0 Å². The quantitative estimate of drug-likeness (QED) is 0.823. The maximum atomic E-state index is 6.58. The van der Waals surface area contributed by atoms with Crippen molar-refractivity contribution in [3.05, 3.63) is 35.0 Å². The Bertz CT molecular complexity index is 540. The van der Waals surface area contributed by atoms with Crippen LogP contribution < -0.4 is 5.73 Å². The van der Waals surface area contributed by atoms with Gasteiger partial charge in [0.2, 0.25) is 0 Å². The summed E-state index contributed by atoms with van der Waals surface area (Å²) < 4.78 is 5.44. The summed E-state index contributed by atoms with van der Waals surface area (Å²) in [5.74, 6) is 0. The molecule has 0 atom stereocenters. The van der Waals surface area contributed by atoms with Gasteiger partial charge in [-0.15, -0.1) is 0 Å². The minimum atomic E-state index is -0.279. The maximum absolute atomic E-state index is 6.58. The van der Waals surface area contributed by atoms with Gasteiger partial charge in [0.05, 0.1) is 6.26 Å². The normalized spacial score (nSPS) is 19.6. The molecule has 2 nitrogen and oxygen atoms in total. The zero-order valence-electron chi connectivity index (χ0n) is 9.71. The van der Waals surface area contributed by atoms with Crippen molar-refractivity contribution in [3.63, 3.8) is 0 Å². The highest BCUT2D eigenvalue weighted by Crippen LogP contribution is 2.41. The molecule has 3 rings (SSSR count). The number of nitrogens with two attached hydrogens (primary N) is 1. The zero-order valence-corrected chi connectivity index (χ0v) is 10.5. The molecule has 1 aliphatic carbocycles. The summed E-state index contributed by atoms with van der Waals surface area (Å²) in [6.07, 6.45) is 7.37. The van der Waals surface area contributed by atoms with E-state index in [1.165, 1.54) is 19.3 Å². The van der Waals surface area contributed by atoms with E-state index in [0.29, 0.717) is 0 Å². The molecule has 0 saturated heterocycles. The Labute approximate surface area is 106 Å². The fourth-order valence-electron chi connectivity index (χ4n) is 2.96. The van der Waals surface area contributed by atoms with Crippen molar-refractivity contribution in [3.8, 4) is 0 Å². The molecule has 2 N–H and O–H groups in total. The second-order valence-electron chi connectivity index (χ2n) is 4.97. The van der Waals surface area contributed by atoms with Crippen LogP contribution in [0.5, 0.6) is 0 Å². The lowest BCUT2D eigenvalue weighted by Crippen LogP contribution is -2.39. The van der Waals surface area contributed by atoms with Crippen LogP contribution >= 0.6 is 11.6 Å². The van der Waals surface area contributed by atoms with E-state index in [1.54, 1.807) is 6.26 Å². The van der Waals surface area contributed by atoms with Crippen molar-refractivity contribution >= 4 is 22.6 Å². The van der Waals surface area contributed by atoms with Gasteiger partial charge in [0, 0.05) is 21.5 Å². The smallest absolute Gasteiger partial charge is 0.134 e. The molecule has 0 radical (unpaired) electrons. The fraction of sp³-hybridized carbons (Fsp3) is 0.429. The van der Waals surface area contributed by atoms with Gasteiger partial charge in [-0.2, -0.15) is 0 Å². The van der Waals surface area contributed by atoms with Gasteiger partial charge in [-0.3, -0.25) is 0 Å². The Hall–Kier alpha value is -0.990. The summed E-state index contributed by atoms with van der Waals surface area (Å²) in [6.45, 7) is 0. The van der Waals surface area contributed by atoms with Gasteiger partial charge in [0.15, 0.2) is 0 Å². The molecule has 3 heteroatoms. The van der Waals surface area contributed by atoms with Crippen LogP contribution in [0, 0.1) is 0 Å². The van der Waals surface area contributed by atoms with Gasteiger partial charge in [-0.25, -0.2) is 0 Å². The van der Waals surface area contributed by atoms with Crippen LogP contribution in [0.2, 0.25) is 5.02 Å². The third-order valence-corrected chi connectivity index (χ3v) is 4.14. The second-order valence-corrected chi connectivity index (χ2v) is 5.38. The molecular weight excluding hydrogens is 234 g/mol. The topological polar surface area (TPSA) is 39.2 Å². The van der Waals surface area contributed by atoms with Crippen molar-refractivity contribution in [2.24, 2.45) is 5.73 Å². The lowest BCUT2D eigenvalue weighted by atomic mass is 9.76. The predicted octanol–water partition coefficient (Wildman–Crippen LogP) is 4.20. The fourth-order valence-corrected chi connectivity index (χ4v) is 3.31. The molecule has 1 saturated carbocycles. The molecule has 0 amide bonds. The molecule has 0 spiro atoms. The van der Waals surface area contributed by atoms with E-state index in [0.717, 1.165) is 34.4 Å². The SMILES string of the molecule is NC1(c2c(Cl)ccc3occc23)CCCCC1. The first-order valence-corrected chi connectivity index (χ1v) is 6.54. The van der Waals surface area contributed by atoms with E-state index in [-0.39, 0.29) is 5.54 Å². The van der Waals surface area contributed by atoms with Crippen LogP contribution in [0.3, 0.4) is 0 Å². The number of hydrogen-bond donors (Lipinski definition) is 1. The van der Waals surface area contributed by atoms with Crippen molar-refractivity contribution in [2.45, 2.75) is 37.6 Å². The molecule has 1 aromatic heterocycles. The predicted molar refractivity (Wildman–Crippen MR) is 70.2 cm³/mol. The largest absolute Gasteiger partial charge is 0.464 e. The Balaban J connectivity index is 2.20. The molecule has 0 bridgehead atoms. The minimum Gasteiger partial charge on any atom is -0.464 e. The van der Waals surface area contributed by atoms with Crippen LogP contribution in [0.25, 0.3) is 11.0 Å². The zero-order chi connectivity index (χ0) is 11.9. The van der Waals surface area contributed by atoms with Gasteiger partial charge in [-0.1, -0.05) is 30.9 Å². The first-order chi connectivity index (χ1) is 8.21.